The molecule has 0 aliphatic carbocycles. The normalized spacial score (nSPS) is 28.3. The first kappa shape index (κ1) is 15.2. The van der Waals surface area contributed by atoms with E-state index in [9.17, 15) is 8.42 Å². The highest BCUT2D eigenvalue weighted by Crippen LogP contribution is 2.28. The largest absolute Gasteiger partial charge is 0.297 e. The number of pyridine rings is 1. The molecule has 0 spiro atoms. The number of aromatic nitrogens is 1. The molecule has 2 fully saturated rings. The average molecular weight is 330 g/mol. The van der Waals surface area contributed by atoms with Crippen molar-refractivity contribution in [1.82, 2.24) is 14.2 Å². The van der Waals surface area contributed by atoms with Crippen LogP contribution in [-0.2, 0) is 10.0 Å². The van der Waals surface area contributed by atoms with Gasteiger partial charge in [-0.2, -0.15) is 4.31 Å². The molecule has 1 aromatic heterocycles. The molecule has 3 rings (SSSR count). The Morgan fingerprint density at radius 2 is 2.10 bits per heavy atom. The van der Waals surface area contributed by atoms with Gasteiger partial charge in [0.25, 0.3) is 0 Å². The Kier molecular flexibility index (Phi) is 4.23. The fourth-order valence-electron chi connectivity index (χ4n) is 3.31. The molecule has 2 aliphatic heterocycles. The maximum Gasteiger partial charge on any atom is 0.244 e. The molecule has 21 heavy (non-hydrogen) atoms. The number of fused-ring (bicyclic) bond motifs is 1. The Hall–Kier alpha value is -0.690. The van der Waals surface area contributed by atoms with Gasteiger partial charge in [0.15, 0.2) is 0 Å². The zero-order valence-electron chi connectivity index (χ0n) is 12.1. The van der Waals surface area contributed by atoms with Crippen LogP contribution in [0.1, 0.15) is 26.2 Å². The van der Waals surface area contributed by atoms with Crippen LogP contribution in [0.2, 0.25) is 5.15 Å². The molecule has 2 unspecified atom stereocenters. The molecule has 0 amide bonds. The van der Waals surface area contributed by atoms with Crippen molar-refractivity contribution < 1.29 is 8.42 Å². The van der Waals surface area contributed by atoms with Crippen molar-refractivity contribution in [3.8, 4) is 0 Å². The van der Waals surface area contributed by atoms with Crippen molar-refractivity contribution in [1.29, 1.82) is 0 Å². The monoisotopic (exact) mass is 329 g/mol. The van der Waals surface area contributed by atoms with E-state index in [1.54, 1.807) is 4.31 Å². The average Bonchev–Trinajstić information content (AvgIpc) is 2.47. The summed E-state index contributed by atoms with van der Waals surface area (Å²) in [6, 6.07) is 3.39. The highest BCUT2D eigenvalue weighted by Gasteiger charge is 2.39. The third kappa shape index (κ3) is 2.95. The van der Waals surface area contributed by atoms with E-state index >= 15 is 0 Å². The quantitative estimate of drug-likeness (QED) is 0.779. The summed E-state index contributed by atoms with van der Waals surface area (Å²) in [6.07, 6.45) is 4.83. The third-order valence-corrected chi connectivity index (χ3v) is 6.62. The number of nitrogens with zero attached hydrogens (tertiary/aromatic N) is 3. The minimum absolute atomic E-state index is 0.0139. The first-order valence-electron chi connectivity index (χ1n) is 7.36. The highest BCUT2D eigenvalue weighted by molar-refractivity contribution is 7.89. The summed E-state index contributed by atoms with van der Waals surface area (Å²) >= 11 is 5.74. The van der Waals surface area contributed by atoms with Crippen LogP contribution < -0.4 is 0 Å². The predicted octanol–water partition coefficient (Wildman–Crippen LogP) is 1.98. The van der Waals surface area contributed by atoms with Crippen LogP contribution in [0, 0.1) is 0 Å². The first-order chi connectivity index (χ1) is 9.98. The molecule has 2 saturated heterocycles. The van der Waals surface area contributed by atoms with Crippen LogP contribution >= 0.6 is 11.6 Å². The zero-order chi connectivity index (χ0) is 15.0. The molecule has 0 N–H and O–H groups in total. The van der Waals surface area contributed by atoms with Crippen LogP contribution in [0.5, 0.6) is 0 Å². The lowest BCUT2D eigenvalue weighted by molar-refractivity contribution is 0.0564. The molecule has 7 heteroatoms. The standard InChI is InChI=1S/C14H20ClN3O2S/c1-11-9-17-7-3-2-4-12(17)10-18(11)21(19,20)13-5-6-14(15)16-8-13/h5-6,8,11-12H,2-4,7,9-10H2,1H3. The summed E-state index contributed by atoms with van der Waals surface area (Å²) in [7, 11) is -3.49. The highest BCUT2D eigenvalue weighted by atomic mass is 35.5. The van der Waals surface area contributed by atoms with Crippen LogP contribution in [0.3, 0.4) is 0 Å². The van der Waals surface area contributed by atoms with Crippen molar-refractivity contribution in [2.75, 3.05) is 19.6 Å². The van der Waals surface area contributed by atoms with Crippen molar-refractivity contribution in [2.45, 2.75) is 43.2 Å². The molecule has 3 heterocycles. The van der Waals surface area contributed by atoms with E-state index in [0.29, 0.717) is 17.7 Å². The van der Waals surface area contributed by atoms with Gasteiger partial charge in [-0.1, -0.05) is 18.0 Å². The topological polar surface area (TPSA) is 53.5 Å². The van der Waals surface area contributed by atoms with Crippen molar-refractivity contribution >= 4 is 21.6 Å². The molecular weight excluding hydrogens is 310 g/mol. The van der Waals surface area contributed by atoms with Crippen molar-refractivity contribution in [3.05, 3.63) is 23.5 Å². The molecule has 116 valence electrons. The SMILES string of the molecule is CC1CN2CCCCC2CN1S(=O)(=O)c1ccc(Cl)nc1. The first-order valence-corrected chi connectivity index (χ1v) is 9.18. The maximum atomic E-state index is 12.8. The van der Waals surface area contributed by atoms with Gasteiger partial charge in [-0.15, -0.1) is 0 Å². The Bertz CT molecular complexity index is 605. The maximum absolute atomic E-state index is 12.8. The van der Waals surface area contributed by atoms with Crippen LogP contribution in [-0.4, -0.2) is 54.3 Å². The molecule has 0 radical (unpaired) electrons. The van der Waals surface area contributed by atoms with E-state index < -0.39 is 10.0 Å². The second-order valence-corrected chi connectivity index (χ2v) is 8.16. The van der Waals surface area contributed by atoms with Crippen LogP contribution in [0.4, 0.5) is 0 Å². The van der Waals surface area contributed by atoms with E-state index in [0.717, 1.165) is 19.5 Å². The molecular formula is C14H20ClN3O2S. The summed E-state index contributed by atoms with van der Waals surface area (Å²) in [5.41, 5.74) is 0. The Morgan fingerprint density at radius 3 is 2.81 bits per heavy atom. The van der Waals surface area contributed by atoms with Gasteiger partial charge in [0, 0.05) is 31.4 Å². The smallest absolute Gasteiger partial charge is 0.244 e. The van der Waals surface area contributed by atoms with Gasteiger partial charge in [0.2, 0.25) is 10.0 Å². The number of rotatable bonds is 2. The summed E-state index contributed by atoms with van der Waals surface area (Å²) in [6.45, 7) is 4.45. The van der Waals surface area contributed by atoms with Gasteiger partial charge in [-0.05, 0) is 38.4 Å². The molecule has 0 bridgehead atoms. The summed E-state index contributed by atoms with van der Waals surface area (Å²) in [5, 5.41) is 0.305. The van der Waals surface area contributed by atoms with Crippen LogP contribution in [0.15, 0.2) is 23.2 Å². The molecule has 0 aromatic carbocycles. The molecule has 0 saturated carbocycles. The number of hydrogen-bond donors (Lipinski definition) is 0. The fraction of sp³-hybridized carbons (Fsp3) is 0.643. The Labute approximate surface area is 131 Å². The molecule has 2 atom stereocenters. The van der Waals surface area contributed by atoms with Gasteiger partial charge < -0.3 is 0 Å². The van der Waals surface area contributed by atoms with E-state index in [2.05, 4.69) is 9.88 Å². The predicted molar refractivity (Wildman–Crippen MR) is 81.8 cm³/mol. The number of piperidine rings is 1. The summed E-state index contributed by atoms with van der Waals surface area (Å²) < 4.78 is 27.2. The lowest BCUT2D eigenvalue weighted by Crippen LogP contribution is -2.59. The zero-order valence-corrected chi connectivity index (χ0v) is 13.6. The minimum atomic E-state index is -3.49. The second kappa shape index (κ2) is 5.83. The molecule has 5 nitrogen and oxygen atoms in total. The van der Waals surface area contributed by atoms with Crippen LogP contribution in [0.25, 0.3) is 0 Å². The lowest BCUT2D eigenvalue weighted by atomic mass is 9.99. The number of piperazine rings is 1. The van der Waals surface area contributed by atoms with E-state index in [4.69, 9.17) is 11.6 Å². The number of hydrogen-bond acceptors (Lipinski definition) is 4. The second-order valence-electron chi connectivity index (χ2n) is 5.88. The van der Waals surface area contributed by atoms with Gasteiger partial charge in [-0.25, -0.2) is 13.4 Å². The summed E-state index contributed by atoms with van der Waals surface area (Å²) in [5.74, 6) is 0. The van der Waals surface area contributed by atoms with Gasteiger partial charge in [0.1, 0.15) is 10.0 Å². The fourth-order valence-corrected chi connectivity index (χ4v) is 5.03. The van der Waals surface area contributed by atoms with Gasteiger partial charge >= 0.3 is 0 Å². The van der Waals surface area contributed by atoms with Crippen molar-refractivity contribution in [2.24, 2.45) is 0 Å². The summed E-state index contributed by atoms with van der Waals surface area (Å²) in [4.78, 5) is 6.55. The Balaban J connectivity index is 1.86. The minimum Gasteiger partial charge on any atom is -0.297 e. The molecule has 2 aliphatic rings. The Morgan fingerprint density at radius 1 is 1.29 bits per heavy atom. The van der Waals surface area contributed by atoms with E-state index in [-0.39, 0.29) is 10.9 Å². The van der Waals surface area contributed by atoms with E-state index in [1.165, 1.54) is 31.2 Å². The number of sulfonamides is 1. The van der Waals surface area contributed by atoms with Gasteiger partial charge in [0.05, 0.1) is 0 Å². The lowest BCUT2D eigenvalue weighted by Gasteiger charge is -2.46. The molecule has 1 aromatic rings. The number of halogens is 1. The van der Waals surface area contributed by atoms with Gasteiger partial charge in [-0.3, -0.25) is 4.90 Å². The van der Waals surface area contributed by atoms with Crippen molar-refractivity contribution in [3.63, 3.8) is 0 Å². The van der Waals surface area contributed by atoms with E-state index in [1.807, 2.05) is 6.92 Å². The third-order valence-electron chi connectivity index (χ3n) is 4.44.